The molecule has 0 aliphatic heterocycles. The molecule has 0 aliphatic carbocycles. The maximum Gasteiger partial charge on any atom is 0.108 e. The predicted molar refractivity (Wildman–Crippen MR) is 32.6 cm³/mol. The Morgan fingerprint density at radius 2 is 1.43 bits per heavy atom. The summed E-state index contributed by atoms with van der Waals surface area (Å²) in [6.45, 7) is 4.31. The zero-order valence-corrected chi connectivity index (χ0v) is 5.40. The normalized spacial score (nSPS) is 6.29. The zero-order chi connectivity index (χ0) is 6.12. The topological polar surface area (TPSA) is 23.1 Å². The van der Waals surface area contributed by atoms with Crippen molar-refractivity contribution in [3.8, 4) is 0 Å². The van der Waals surface area contributed by atoms with Gasteiger partial charge in [0, 0.05) is 0 Å². The van der Waals surface area contributed by atoms with E-state index in [9.17, 15) is 0 Å². The lowest BCUT2D eigenvalue weighted by Gasteiger charge is -1.75. The van der Waals surface area contributed by atoms with Gasteiger partial charge in [-0.25, -0.2) is 0 Å². The monoisotopic (exact) mass is 100 g/mol. The fourth-order valence-electron chi connectivity index (χ4n) is 0.289. The van der Waals surface area contributed by atoms with Gasteiger partial charge in [-0.15, -0.1) is 0 Å². The van der Waals surface area contributed by atoms with E-state index in [1.54, 1.807) is 0 Å². The first-order chi connectivity index (χ1) is 3.41. The fraction of sp³-hybridized carbons (Fsp3) is 1.00. The highest BCUT2D eigenvalue weighted by Gasteiger charge is 1.72. The van der Waals surface area contributed by atoms with Crippen LogP contribution in [0.25, 0.3) is 0 Å². The van der Waals surface area contributed by atoms with Gasteiger partial charge in [0.25, 0.3) is 0 Å². The Kier molecular flexibility index (Phi) is 24.0. The van der Waals surface area contributed by atoms with Crippen LogP contribution in [-0.2, 0) is 0 Å². The lowest BCUT2D eigenvalue weighted by molar-refractivity contribution is -0.325. The molecule has 0 unspecified atom stereocenters. The number of hydrogen-bond donors (Lipinski definition) is 0. The van der Waals surface area contributed by atoms with E-state index in [0.29, 0.717) is 0 Å². The summed E-state index contributed by atoms with van der Waals surface area (Å²) in [4.78, 5) is 0. The Morgan fingerprint density at radius 3 is 1.43 bits per heavy atom. The standard InChI is InChI=1S/C4H10B.CH3O/c1-3-5-4-2;1-2/h3-4H2,1-2H3;1H3/q;-1. The average Bonchev–Trinajstić information content (AvgIpc) is 1.75. The smallest absolute Gasteiger partial charge is 0.108 e. The molecule has 0 aromatic rings. The van der Waals surface area contributed by atoms with Crippen LogP contribution in [0.4, 0.5) is 0 Å². The highest BCUT2D eigenvalue weighted by atomic mass is 16.2. The van der Waals surface area contributed by atoms with Crippen molar-refractivity contribution >= 4 is 7.28 Å². The van der Waals surface area contributed by atoms with Gasteiger partial charge >= 0.3 is 0 Å². The van der Waals surface area contributed by atoms with E-state index in [1.165, 1.54) is 12.6 Å². The molecule has 0 fully saturated rings. The molecule has 7 heavy (non-hydrogen) atoms. The molecule has 0 saturated heterocycles. The van der Waals surface area contributed by atoms with Crippen LogP contribution in [0, 0.1) is 0 Å². The van der Waals surface area contributed by atoms with Crippen molar-refractivity contribution < 1.29 is 5.11 Å². The van der Waals surface area contributed by atoms with Crippen LogP contribution in [0.2, 0.25) is 12.6 Å². The van der Waals surface area contributed by atoms with Crippen molar-refractivity contribution in [3.05, 3.63) is 0 Å². The summed E-state index contributed by atoms with van der Waals surface area (Å²) in [7, 11) is 3.00. The largest absolute Gasteiger partial charge is 0.857 e. The van der Waals surface area contributed by atoms with Crippen molar-refractivity contribution in [1.29, 1.82) is 0 Å². The minimum Gasteiger partial charge on any atom is -0.857 e. The molecule has 0 amide bonds. The quantitative estimate of drug-likeness (QED) is 0.464. The minimum atomic E-state index is 0.750. The fourth-order valence-corrected chi connectivity index (χ4v) is 0.289. The third kappa shape index (κ3) is 23.8. The van der Waals surface area contributed by atoms with Crippen molar-refractivity contribution in [1.82, 2.24) is 0 Å². The maximum atomic E-state index is 8.25. The van der Waals surface area contributed by atoms with Gasteiger partial charge in [-0.3, -0.25) is 0 Å². The second kappa shape index (κ2) is 16.6. The van der Waals surface area contributed by atoms with Crippen molar-refractivity contribution in [2.75, 3.05) is 7.11 Å². The van der Waals surface area contributed by atoms with E-state index in [-0.39, 0.29) is 0 Å². The second-order valence-corrected chi connectivity index (χ2v) is 1.11. The van der Waals surface area contributed by atoms with Crippen LogP contribution in [0.3, 0.4) is 0 Å². The Bertz CT molecular complexity index is 15.6. The Balaban J connectivity index is 0. The molecule has 0 bridgehead atoms. The zero-order valence-electron chi connectivity index (χ0n) is 5.40. The van der Waals surface area contributed by atoms with Gasteiger partial charge in [0.15, 0.2) is 0 Å². The van der Waals surface area contributed by atoms with Crippen LogP contribution in [0.5, 0.6) is 0 Å². The van der Waals surface area contributed by atoms with Crippen LogP contribution < -0.4 is 5.11 Å². The van der Waals surface area contributed by atoms with Gasteiger partial charge in [-0.05, 0) is 0 Å². The summed E-state index contributed by atoms with van der Waals surface area (Å²) >= 11 is 0. The molecule has 0 heterocycles. The highest BCUT2D eigenvalue weighted by molar-refractivity contribution is 6.34. The molecule has 0 aliphatic rings. The van der Waals surface area contributed by atoms with Crippen molar-refractivity contribution in [2.45, 2.75) is 26.5 Å². The maximum absolute atomic E-state index is 8.25. The van der Waals surface area contributed by atoms with Gasteiger partial charge in [-0.2, -0.15) is 7.11 Å². The Morgan fingerprint density at radius 1 is 1.14 bits per heavy atom. The Hall–Kier alpha value is 0.0249. The lowest BCUT2D eigenvalue weighted by Crippen LogP contribution is -1.81. The average molecular weight is 100.0 g/mol. The molecule has 0 rings (SSSR count). The summed E-state index contributed by atoms with van der Waals surface area (Å²) in [5.74, 6) is 0. The molecule has 0 aromatic heterocycles. The van der Waals surface area contributed by atoms with E-state index in [0.717, 1.165) is 7.11 Å². The van der Waals surface area contributed by atoms with Gasteiger partial charge in [-0.1, -0.05) is 26.5 Å². The first kappa shape index (κ1) is 10.1. The molecule has 0 saturated carbocycles. The molecule has 1 nitrogen and oxygen atoms in total. The van der Waals surface area contributed by atoms with E-state index >= 15 is 0 Å². The van der Waals surface area contributed by atoms with Crippen LogP contribution in [0.1, 0.15) is 13.8 Å². The molecule has 2 heteroatoms. The first-order valence-electron chi connectivity index (χ1n) is 2.64. The molecular formula is C5H13BO-. The molecule has 0 N–H and O–H groups in total. The minimum absolute atomic E-state index is 0.750. The molecule has 1 radical (unpaired) electrons. The van der Waals surface area contributed by atoms with E-state index in [1.807, 2.05) is 0 Å². The summed E-state index contributed by atoms with van der Waals surface area (Å²) in [5.41, 5.74) is 0. The van der Waals surface area contributed by atoms with Crippen LogP contribution in [-0.4, -0.2) is 14.4 Å². The van der Waals surface area contributed by atoms with Crippen molar-refractivity contribution in [2.24, 2.45) is 0 Å². The SMILES string of the molecule is CC[B]CC.C[O-]. The molecule has 0 atom stereocenters. The lowest BCUT2D eigenvalue weighted by atomic mass is 9.73. The van der Waals surface area contributed by atoms with Crippen LogP contribution in [0.15, 0.2) is 0 Å². The van der Waals surface area contributed by atoms with Gasteiger partial charge in [0.05, 0.1) is 0 Å². The highest BCUT2D eigenvalue weighted by Crippen LogP contribution is 1.77. The van der Waals surface area contributed by atoms with E-state index in [4.69, 9.17) is 5.11 Å². The molecule has 0 aromatic carbocycles. The van der Waals surface area contributed by atoms with Crippen LogP contribution >= 0.6 is 0 Å². The predicted octanol–water partition coefficient (Wildman–Crippen LogP) is 0.543. The van der Waals surface area contributed by atoms with E-state index in [2.05, 4.69) is 21.1 Å². The van der Waals surface area contributed by atoms with Gasteiger partial charge < -0.3 is 5.11 Å². The van der Waals surface area contributed by atoms with E-state index < -0.39 is 0 Å². The summed E-state index contributed by atoms with van der Waals surface area (Å²) in [5, 5.41) is 8.25. The first-order valence-corrected chi connectivity index (χ1v) is 2.64. The van der Waals surface area contributed by atoms with Gasteiger partial charge in [0.1, 0.15) is 7.28 Å². The third-order valence-corrected chi connectivity index (χ3v) is 0.577. The summed E-state index contributed by atoms with van der Waals surface area (Å²) < 4.78 is 0. The molecule has 43 valence electrons. The third-order valence-electron chi connectivity index (χ3n) is 0.577. The van der Waals surface area contributed by atoms with Gasteiger partial charge in [0.2, 0.25) is 0 Å². The Labute approximate surface area is 47.0 Å². The number of rotatable bonds is 2. The summed E-state index contributed by atoms with van der Waals surface area (Å²) in [6, 6.07) is 0. The second-order valence-electron chi connectivity index (χ2n) is 1.11. The molecular weight excluding hydrogens is 86.9 g/mol. The summed E-state index contributed by atoms with van der Waals surface area (Å²) in [6.07, 6.45) is 2.44. The van der Waals surface area contributed by atoms with Crippen molar-refractivity contribution in [3.63, 3.8) is 0 Å². The number of hydrogen-bond acceptors (Lipinski definition) is 1. The molecule has 0 spiro atoms.